The van der Waals surface area contributed by atoms with Gasteiger partial charge < -0.3 is 0 Å². The second kappa shape index (κ2) is 7.40. The van der Waals surface area contributed by atoms with Crippen molar-refractivity contribution >= 4 is 9.92 Å². The number of aromatic nitrogens is 1. The maximum atomic E-state index is 13.6. The Morgan fingerprint density at radius 3 is 2.18 bits per heavy atom. The predicted molar refractivity (Wildman–Crippen MR) is 86.1 cm³/mol. The minimum Gasteiger partial charge on any atom is -0.262 e. The summed E-state index contributed by atoms with van der Waals surface area (Å²) in [6.45, 7) is 0. The quantitative estimate of drug-likeness (QED) is 0.736. The van der Waals surface area contributed by atoms with Crippen LogP contribution in [0.4, 0.5) is 26.3 Å². The molecule has 1 unspecified atom stereocenters. The summed E-state index contributed by atoms with van der Waals surface area (Å²) in [6, 6.07) is 2.22. The van der Waals surface area contributed by atoms with Crippen LogP contribution in [-0.2, 0) is 16.1 Å². The Morgan fingerprint density at radius 1 is 1.14 bits per heavy atom. The number of benzene rings is 1. The molecule has 0 saturated heterocycles. The lowest BCUT2D eigenvalue weighted by molar-refractivity contribution is -0.170. The molecule has 2 atom stereocenters. The molecule has 2 aromatic rings. The highest BCUT2D eigenvalue weighted by molar-refractivity contribution is 7.90. The predicted octanol–water partition coefficient (Wildman–Crippen LogP) is 4.53. The van der Waals surface area contributed by atoms with Crippen molar-refractivity contribution < 1.29 is 30.6 Å². The number of halogens is 6. The molecule has 1 N–H and O–H groups in total. The Morgan fingerprint density at radius 2 is 1.71 bits per heavy atom. The monoisotopic (exact) mass is 422 g/mol. The molecule has 0 bridgehead atoms. The number of hydrogen-bond acceptors (Lipinski definition) is 4. The van der Waals surface area contributed by atoms with Crippen molar-refractivity contribution in [3.8, 4) is 6.07 Å². The molecule has 2 rings (SSSR count). The average Bonchev–Trinajstić information content (AvgIpc) is 2.60. The number of pyridine rings is 1. The van der Waals surface area contributed by atoms with Crippen molar-refractivity contribution in [3.05, 3.63) is 59.4 Å². The number of hydrogen-bond donors (Lipinski definition) is 1. The van der Waals surface area contributed by atoms with E-state index in [1.165, 1.54) is 0 Å². The number of nitrogens with zero attached hydrogens (tertiary/aromatic N) is 3. The third-order valence-corrected chi connectivity index (χ3v) is 5.68. The van der Waals surface area contributed by atoms with Crippen molar-refractivity contribution in [1.82, 2.24) is 9.29 Å². The van der Waals surface area contributed by atoms with Gasteiger partial charge in [-0.1, -0.05) is 12.1 Å². The molecule has 150 valence electrons. The lowest BCUT2D eigenvalue weighted by atomic mass is 10.0. The van der Waals surface area contributed by atoms with Crippen molar-refractivity contribution in [2.24, 2.45) is 0 Å². The van der Waals surface area contributed by atoms with E-state index in [2.05, 4.69) is 4.98 Å². The Kier molecular flexibility index (Phi) is 5.72. The fourth-order valence-corrected chi connectivity index (χ4v) is 3.77. The highest BCUT2D eigenvalue weighted by Crippen LogP contribution is 2.40. The van der Waals surface area contributed by atoms with Gasteiger partial charge in [0.1, 0.15) is 22.0 Å². The zero-order valence-electron chi connectivity index (χ0n) is 14.0. The van der Waals surface area contributed by atoms with Gasteiger partial charge >= 0.3 is 12.4 Å². The van der Waals surface area contributed by atoms with Crippen LogP contribution < -0.4 is 0 Å². The molecule has 1 aromatic heterocycles. The summed E-state index contributed by atoms with van der Waals surface area (Å²) in [5.74, 6) is 0. The highest BCUT2D eigenvalue weighted by Gasteiger charge is 2.47. The van der Waals surface area contributed by atoms with E-state index in [-0.39, 0.29) is 9.87 Å². The largest absolute Gasteiger partial charge is 0.416 e. The Bertz CT molecular complexity index is 994. The minimum absolute atomic E-state index is 0.107. The third kappa shape index (κ3) is 4.42. The van der Waals surface area contributed by atoms with E-state index in [1.807, 2.05) is 0 Å². The summed E-state index contributed by atoms with van der Waals surface area (Å²) in [5, 5.41) is 8.85. The van der Waals surface area contributed by atoms with Gasteiger partial charge in [-0.15, -0.1) is 0 Å². The van der Waals surface area contributed by atoms with Crippen LogP contribution >= 0.6 is 0 Å². The van der Waals surface area contributed by atoms with Crippen LogP contribution in [0, 0.1) is 16.1 Å². The first-order valence-corrected chi connectivity index (χ1v) is 8.91. The maximum absolute atomic E-state index is 13.6. The van der Waals surface area contributed by atoms with Gasteiger partial charge in [-0.05, 0) is 23.8 Å². The fourth-order valence-electron chi connectivity index (χ4n) is 2.41. The Labute approximate surface area is 156 Å². The van der Waals surface area contributed by atoms with Crippen LogP contribution in [0.15, 0.2) is 47.6 Å². The zero-order valence-corrected chi connectivity index (χ0v) is 14.9. The number of nitriles is 1. The lowest BCUT2D eigenvalue weighted by Crippen LogP contribution is -2.39. The van der Waals surface area contributed by atoms with Crippen molar-refractivity contribution in [3.63, 3.8) is 0 Å². The van der Waals surface area contributed by atoms with Crippen LogP contribution in [-0.4, -0.2) is 26.7 Å². The van der Waals surface area contributed by atoms with Gasteiger partial charge in [0.15, 0.2) is 0 Å². The van der Waals surface area contributed by atoms with E-state index in [0.29, 0.717) is 24.3 Å². The molecule has 28 heavy (non-hydrogen) atoms. The summed E-state index contributed by atoms with van der Waals surface area (Å²) in [5.41, 5.74) is -1.87. The van der Waals surface area contributed by atoms with E-state index >= 15 is 0 Å². The highest BCUT2D eigenvalue weighted by atomic mass is 32.2. The van der Waals surface area contributed by atoms with E-state index < -0.39 is 44.3 Å². The first kappa shape index (κ1) is 21.6. The molecule has 0 aliphatic carbocycles. The second-order valence-electron chi connectivity index (χ2n) is 5.66. The van der Waals surface area contributed by atoms with E-state index in [1.54, 1.807) is 6.07 Å². The average molecular weight is 422 g/mol. The Hall–Kier alpha value is -2.65. The fraction of sp³-hybridized carbons (Fsp3) is 0.250. The summed E-state index contributed by atoms with van der Waals surface area (Å²) >= 11 is 0. The number of nitrogens with one attached hydrogen (secondary N) is 1. The zero-order chi connectivity index (χ0) is 21.3. The number of alkyl halides is 6. The minimum atomic E-state index is -5.04. The molecule has 0 aliphatic heterocycles. The molecule has 0 radical (unpaired) electrons. The van der Waals surface area contributed by atoms with E-state index in [4.69, 9.17) is 10.0 Å². The normalized spacial score (nSPS) is 15.7. The van der Waals surface area contributed by atoms with Crippen molar-refractivity contribution in [2.75, 3.05) is 7.05 Å². The van der Waals surface area contributed by atoms with Gasteiger partial charge in [0.2, 0.25) is 0 Å². The molecule has 0 amide bonds. The van der Waals surface area contributed by atoms with E-state index in [9.17, 15) is 30.6 Å². The molecule has 5 nitrogen and oxygen atoms in total. The SMILES string of the molecule is CN([C@H](c1ccc(C(F)(F)F)cc1)C(F)(F)F)S(=N)(=O)c1cncc(C#N)c1. The number of rotatable bonds is 4. The third-order valence-electron chi connectivity index (χ3n) is 3.79. The van der Waals surface area contributed by atoms with Crippen molar-refractivity contribution in [1.29, 1.82) is 10.0 Å². The smallest absolute Gasteiger partial charge is 0.262 e. The molecule has 0 saturated carbocycles. The molecule has 0 fully saturated rings. The van der Waals surface area contributed by atoms with Gasteiger partial charge in [-0.3, -0.25) is 4.98 Å². The summed E-state index contributed by atoms with van der Waals surface area (Å²) in [6.07, 6.45) is -7.80. The van der Waals surface area contributed by atoms with Crippen LogP contribution in [0.5, 0.6) is 0 Å². The standard InChI is InChI=1S/C16H12F6N4OS/c1-26(28(24,27)13-6-10(7-23)8-25-9-13)14(16(20,21)22)11-2-4-12(5-3-11)15(17,18)19/h2-6,8-9,14,24H,1H3/t14-,28?/m1/s1. The Balaban J connectivity index is 2.52. The first-order valence-electron chi connectivity index (χ1n) is 7.39. The van der Waals surface area contributed by atoms with Gasteiger partial charge in [0.05, 0.1) is 16.0 Å². The van der Waals surface area contributed by atoms with Crippen molar-refractivity contribution in [2.45, 2.75) is 23.3 Å². The van der Waals surface area contributed by atoms with Crippen LogP contribution in [0.3, 0.4) is 0 Å². The molecular formula is C16H12F6N4OS. The van der Waals surface area contributed by atoms with Crippen LogP contribution in [0.1, 0.15) is 22.7 Å². The van der Waals surface area contributed by atoms with Gasteiger partial charge in [0, 0.05) is 19.4 Å². The van der Waals surface area contributed by atoms with Gasteiger partial charge in [0.25, 0.3) is 0 Å². The van der Waals surface area contributed by atoms with E-state index in [0.717, 1.165) is 25.5 Å². The first-order chi connectivity index (χ1) is 12.8. The summed E-state index contributed by atoms with van der Waals surface area (Å²) in [4.78, 5) is 3.15. The summed E-state index contributed by atoms with van der Waals surface area (Å²) < 4.78 is 99.9. The summed E-state index contributed by atoms with van der Waals surface area (Å²) in [7, 11) is -3.50. The lowest BCUT2D eigenvalue weighted by Gasteiger charge is -2.31. The molecule has 12 heteroatoms. The molecule has 1 aromatic carbocycles. The molecule has 0 aliphatic rings. The topological polar surface area (TPSA) is 80.8 Å². The molecule has 0 spiro atoms. The molecular weight excluding hydrogens is 410 g/mol. The molecule has 1 heterocycles. The second-order valence-corrected chi connectivity index (χ2v) is 7.76. The van der Waals surface area contributed by atoms with Gasteiger partial charge in [-0.25, -0.2) is 13.3 Å². The maximum Gasteiger partial charge on any atom is 0.416 e. The van der Waals surface area contributed by atoms with Crippen LogP contribution in [0.25, 0.3) is 0 Å². The van der Waals surface area contributed by atoms with Crippen LogP contribution in [0.2, 0.25) is 0 Å². The van der Waals surface area contributed by atoms with Gasteiger partial charge in [-0.2, -0.15) is 31.6 Å².